The molecule has 0 bridgehead atoms. The van der Waals surface area contributed by atoms with Gasteiger partial charge in [0.25, 0.3) is 5.91 Å². The zero-order valence-electron chi connectivity index (χ0n) is 11.8. The van der Waals surface area contributed by atoms with E-state index in [0.717, 1.165) is 36.2 Å². The molecule has 0 aromatic carbocycles. The third kappa shape index (κ3) is 2.45. The van der Waals surface area contributed by atoms with Crippen LogP contribution in [0.5, 0.6) is 0 Å². The van der Waals surface area contributed by atoms with Gasteiger partial charge in [0.1, 0.15) is 0 Å². The molecule has 0 fully saturated rings. The van der Waals surface area contributed by atoms with Gasteiger partial charge < -0.3 is 5.32 Å². The molecule has 106 valence electrons. The van der Waals surface area contributed by atoms with Crippen molar-refractivity contribution in [2.45, 2.75) is 45.7 Å². The maximum Gasteiger partial charge on any atom is 0.272 e. The Morgan fingerprint density at radius 2 is 2.40 bits per heavy atom. The van der Waals surface area contributed by atoms with Crippen molar-refractivity contribution in [3.05, 3.63) is 34.9 Å². The first-order valence-corrected chi connectivity index (χ1v) is 7.00. The predicted molar refractivity (Wildman–Crippen MR) is 74.5 cm³/mol. The molecule has 2 aromatic heterocycles. The summed E-state index contributed by atoms with van der Waals surface area (Å²) in [6.07, 6.45) is 4.97. The second kappa shape index (κ2) is 5.11. The van der Waals surface area contributed by atoms with Crippen molar-refractivity contribution in [1.29, 1.82) is 0 Å². The number of nitrogens with one attached hydrogen (secondary N) is 2. The van der Waals surface area contributed by atoms with Crippen LogP contribution in [0.15, 0.2) is 12.3 Å². The van der Waals surface area contributed by atoms with Crippen molar-refractivity contribution in [3.63, 3.8) is 0 Å². The van der Waals surface area contributed by atoms with Crippen LogP contribution in [0.4, 0.5) is 0 Å². The molecule has 1 atom stereocenters. The lowest BCUT2D eigenvalue weighted by Gasteiger charge is -2.13. The maximum absolute atomic E-state index is 12.2. The van der Waals surface area contributed by atoms with Gasteiger partial charge in [-0.25, -0.2) is 0 Å². The number of H-pyrrole nitrogens is 1. The molecule has 1 aliphatic rings. The van der Waals surface area contributed by atoms with E-state index in [2.05, 4.69) is 20.6 Å². The van der Waals surface area contributed by atoms with Crippen molar-refractivity contribution in [1.82, 2.24) is 25.3 Å². The summed E-state index contributed by atoms with van der Waals surface area (Å²) in [6, 6.07) is 1.96. The highest BCUT2D eigenvalue weighted by Crippen LogP contribution is 2.22. The van der Waals surface area contributed by atoms with Crippen molar-refractivity contribution < 1.29 is 4.79 Å². The molecule has 6 nitrogen and oxygen atoms in total. The highest BCUT2D eigenvalue weighted by Gasteiger charge is 2.23. The molecule has 1 aliphatic carbocycles. The number of aromatic amines is 1. The number of aryl methyl sites for hydroxylation is 2. The van der Waals surface area contributed by atoms with Gasteiger partial charge in [0, 0.05) is 23.5 Å². The Bertz CT molecular complexity index is 627. The van der Waals surface area contributed by atoms with Crippen molar-refractivity contribution in [3.8, 4) is 0 Å². The normalized spacial score (nSPS) is 15.1. The molecule has 2 N–H and O–H groups in total. The number of carbonyl (C=O) groups excluding carboxylic acids is 1. The minimum Gasteiger partial charge on any atom is -0.346 e. The van der Waals surface area contributed by atoms with Gasteiger partial charge in [-0.05, 0) is 39.2 Å². The summed E-state index contributed by atoms with van der Waals surface area (Å²) in [4.78, 5) is 12.2. The number of rotatable bonds is 4. The summed E-state index contributed by atoms with van der Waals surface area (Å²) >= 11 is 0. The Morgan fingerprint density at radius 1 is 1.55 bits per heavy atom. The molecule has 1 amide bonds. The van der Waals surface area contributed by atoms with E-state index >= 15 is 0 Å². The van der Waals surface area contributed by atoms with Crippen molar-refractivity contribution in [2.24, 2.45) is 0 Å². The average molecular weight is 273 g/mol. The van der Waals surface area contributed by atoms with Crippen LogP contribution >= 0.6 is 0 Å². The van der Waals surface area contributed by atoms with E-state index in [-0.39, 0.29) is 11.9 Å². The van der Waals surface area contributed by atoms with E-state index in [1.807, 2.05) is 30.8 Å². The summed E-state index contributed by atoms with van der Waals surface area (Å²) in [6.45, 7) is 4.58. The van der Waals surface area contributed by atoms with E-state index in [1.165, 1.54) is 0 Å². The lowest BCUT2D eigenvalue weighted by atomic mass is 10.2. The van der Waals surface area contributed by atoms with Crippen LogP contribution in [0.2, 0.25) is 0 Å². The highest BCUT2D eigenvalue weighted by atomic mass is 16.2. The fraction of sp³-hybridized carbons (Fsp3) is 0.500. The Balaban J connectivity index is 1.63. The number of nitrogens with zero attached hydrogens (tertiary/aromatic N) is 3. The smallest absolute Gasteiger partial charge is 0.272 e. The summed E-state index contributed by atoms with van der Waals surface area (Å²) in [7, 11) is 0. The van der Waals surface area contributed by atoms with E-state index in [1.54, 1.807) is 0 Å². The molecular formula is C14H19N5O. The first-order chi connectivity index (χ1) is 9.63. The van der Waals surface area contributed by atoms with Gasteiger partial charge in [0.05, 0.1) is 12.2 Å². The SMILES string of the molecule is Cc1ccn(C[C@@H](C)NC(=O)c2n[nH]c3c2CCC3)n1. The van der Waals surface area contributed by atoms with Gasteiger partial charge in [0.15, 0.2) is 5.69 Å². The molecule has 2 aromatic rings. The van der Waals surface area contributed by atoms with Crippen LogP contribution in [0.3, 0.4) is 0 Å². The third-order valence-corrected chi connectivity index (χ3v) is 3.63. The zero-order chi connectivity index (χ0) is 14.1. The minimum absolute atomic E-state index is 0.00977. The fourth-order valence-electron chi connectivity index (χ4n) is 2.69. The lowest BCUT2D eigenvalue weighted by Crippen LogP contribution is -2.36. The van der Waals surface area contributed by atoms with E-state index < -0.39 is 0 Å². The maximum atomic E-state index is 12.2. The Kier molecular flexibility index (Phi) is 3.30. The Labute approximate surface area is 117 Å². The number of hydrogen-bond acceptors (Lipinski definition) is 3. The standard InChI is InChI=1S/C14H19N5O/c1-9-6-7-19(18-9)8-10(2)15-14(20)13-11-4-3-5-12(11)16-17-13/h6-7,10H,3-5,8H2,1-2H3,(H,15,20)(H,16,17)/t10-/m1/s1. The Morgan fingerprint density at radius 3 is 3.15 bits per heavy atom. The largest absolute Gasteiger partial charge is 0.346 e. The first-order valence-electron chi connectivity index (χ1n) is 7.00. The molecule has 2 heterocycles. The first kappa shape index (κ1) is 12.9. The number of aromatic nitrogens is 4. The monoisotopic (exact) mass is 273 g/mol. The van der Waals surface area contributed by atoms with E-state index in [4.69, 9.17) is 0 Å². The molecule has 0 aliphatic heterocycles. The number of carbonyl (C=O) groups is 1. The molecule has 0 saturated carbocycles. The van der Waals surface area contributed by atoms with Gasteiger partial charge in [-0.3, -0.25) is 14.6 Å². The predicted octanol–water partition coefficient (Wildman–Crippen LogP) is 1.22. The van der Waals surface area contributed by atoms with Gasteiger partial charge >= 0.3 is 0 Å². The minimum atomic E-state index is -0.0965. The molecule has 20 heavy (non-hydrogen) atoms. The number of hydrogen-bond donors (Lipinski definition) is 2. The number of amides is 1. The number of fused-ring (bicyclic) bond motifs is 1. The fourth-order valence-corrected chi connectivity index (χ4v) is 2.69. The lowest BCUT2D eigenvalue weighted by molar-refractivity contribution is 0.0930. The molecule has 0 saturated heterocycles. The van der Waals surface area contributed by atoms with E-state index in [0.29, 0.717) is 12.2 Å². The van der Waals surface area contributed by atoms with Gasteiger partial charge in [-0.2, -0.15) is 10.2 Å². The van der Waals surface area contributed by atoms with Gasteiger partial charge in [-0.15, -0.1) is 0 Å². The average Bonchev–Trinajstić information content (AvgIpc) is 3.04. The Hall–Kier alpha value is -2.11. The van der Waals surface area contributed by atoms with Crippen LogP contribution in [0.1, 0.15) is 40.8 Å². The van der Waals surface area contributed by atoms with Gasteiger partial charge in [0.2, 0.25) is 0 Å². The van der Waals surface area contributed by atoms with Crippen LogP contribution in [0, 0.1) is 6.92 Å². The molecule has 3 rings (SSSR count). The summed E-state index contributed by atoms with van der Waals surface area (Å²) in [5, 5.41) is 14.4. The highest BCUT2D eigenvalue weighted by molar-refractivity contribution is 5.94. The van der Waals surface area contributed by atoms with Crippen LogP contribution in [-0.2, 0) is 19.4 Å². The topological polar surface area (TPSA) is 75.6 Å². The van der Waals surface area contributed by atoms with E-state index in [9.17, 15) is 4.79 Å². The molecule has 0 spiro atoms. The second-order valence-electron chi connectivity index (χ2n) is 5.44. The van der Waals surface area contributed by atoms with Crippen molar-refractivity contribution in [2.75, 3.05) is 0 Å². The van der Waals surface area contributed by atoms with Crippen molar-refractivity contribution >= 4 is 5.91 Å². The second-order valence-corrected chi connectivity index (χ2v) is 5.44. The molecule has 0 radical (unpaired) electrons. The zero-order valence-corrected chi connectivity index (χ0v) is 11.8. The summed E-state index contributed by atoms with van der Waals surface area (Å²) < 4.78 is 1.84. The summed E-state index contributed by atoms with van der Waals surface area (Å²) in [5.74, 6) is -0.0965. The molecular weight excluding hydrogens is 254 g/mol. The third-order valence-electron chi connectivity index (χ3n) is 3.63. The summed E-state index contributed by atoms with van der Waals surface area (Å²) in [5.41, 5.74) is 3.74. The quantitative estimate of drug-likeness (QED) is 0.879. The molecule has 0 unspecified atom stereocenters. The van der Waals surface area contributed by atoms with Crippen LogP contribution in [-0.4, -0.2) is 31.9 Å². The van der Waals surface area contributed by atoms with Crippen LogP contribution in [0.25, 0.3) is 0 Å². The molecule has 6 heteroatoms. The van der Waals surface area contributed by atoms with Crippen LogP contribution < -0.4 is 5.32 Å². The van der Waals surface area contributed by atoms with Gasteiger partial charge in [-0.1, -0.05) is 0 Å².